The first-order valence-corrected chi connectivity index (χ1v) is 12.7. The molecule has 6 N–H and O–H groups in total. The number of carboxylic acid groups (broad SMARTS) is 3. The zero-order chi connectivity index (χ0) is 27.8. The summed E-state index contributed by atoms with van der Waals surface area (Å²) in [5.74, 6) is -2.58. The van der Waals surface area contributed by atoms with E-state index < -0.39 is 34.7 Å². The van der Waals surface area contributed by atoms with E-state index in [-0.39, 0.29) is 35.3 Å². The van der Waals surface area contributed by atoms with Crippen molar-refractivity contribution in [2.24, 2.45) is 11.5 Å². The molecular formula is C27H31N2NaO6S2. The molecule has 198 valence electrons. The van der Waals surface area contributed by atoms with E-state index in [9.17, 15) is 14.7 Å². The largest absolute Gasteiger partial charge is 1.00 e. The van der Waals surface area contributed by atoms with E-state index in [0.29, 0.717) is 5.75 Å². The smallest absolute Gasteiger partial charge is 0.550 e. The number of aliphatic carboxylic acids is 3. The Morgan fingerprint density at radius 1 is 0.789 bits per heavy atom. The number of thiol groups is 1. The number of carboxylic acids is 3. The first kappa shape index (κ1) is 35.7. The van der Waals surface area contributed by atoms with E-state index in [1.54, 1.807) is 11.8 Å². The molecule has 0 aromatic heterocycles. The zero-order valence-electron chi connectivity index (χ0n) is 21.3. The Labute approximate surface area is 254 Å². The van der Waals surface area contributed by atoms with Gasteiger partial charge in [-0.2, -0.15) is 12.6 Å². The number of benzene rings is 3. The molecule has 0 aliphatic heterocycles. The van der Waals surface area contributed by atoms with Crippen molar-refractivity contribution >= 4 is 42.3 Å². The zero-order valence-corrected chi connectivity index (χ0v) is 25.0. The van der Waals surface area contributed by atoms with E-state index in [2.05, 4.69) is 49.0 Å². The van der Waals surface area contributed by atoms with Gasteiger partial charge in [-0.1, -0.05) is 91.0 Å². The van der Waals surface area contributed by atoms with Crippen molar-refractivity contribution in [1.29, 1.82) is 0 Å². The predicted octanol–water partition coefficient (Wildman–Crippen LogP) is -0.788. The maximum absolute atomic E-state index is 11.3. The molecule has 0 aliphatic carbocycles. The summed E-state index contributed by atoms with van der Waals surface area (Å²) in [7, 11) is 0. The molecule has 2 atom stereocenters. The average molecular weight is 567 g/mol. The molecule has 0 saturated heterocycles. The van der Waals surface area contributed by atoms with Crippen LogP contribution in [-0.4, -0.2) is 51.7 Å². The van der Waals surface area contributed by atoms with Crippen molar-refractivity contribution in [3.05, 3.63) is 108 Å². The standard InChI is InChI=1S/C22H21NO2S.C3H7NO2S.C2H4O2.Na/c23-20(21(24)25)16-26-22(17-10-4-1-5-11-17,18-12-6-2-7-13-18)19-14-8-3-9-15-19;4-2(1-7)3(5)6;1-2(3)4;/h1-15,20H,16,23H2,(H,24,25);2,7H,1,4H2,(H,5,6);1H3,(H,3,4);/q;;;+1/p-1/t20-;2-;;/m00../s1. The monoisotopic (exact) mass is 566 g/mol. The van der Waals surface area contributed by atoms with Crippen molar-refractivity contribution in [1.82, 2.24) is 0 Å². The van der Waals surface area contributed by atoms with Crippen molar-refractivity contribution in [3.8, 4) is 0 Å². The van der Waals surface area contributed by atoms with Crippen LogP contribution < -0.4 is 46.1 Å². The first-order valence-electron chi connectivity index (χ1n) is 11.1. The number of nitrogens with two attached hydrogens (primary N) is 2. The second-order valence-corrected chi connectivity index (χ2v) is 9.25. The SMILES string of the molecule is CC(=O)[O-].N[C@@H](CS)C(=O)O.N[C@@H](CSC(c1ccccc1)(c1ccccc1)c1ccccc1)C(=O)O.[Na+]. The molecule has 0 aliphatic rings. The van der Waals surface area contributed by atoms with E-state index >= 15 is 0 Å². The summed E-state index contributed by atoms with van der Waals surface area (Å²) in [5.41, 5.74) is 14.1. The molecule has 0 bridgehead atoms. The fourth-order valence-corrected chi connectivity index (χ4v) is 4.77. The molecule has 0 unspecified atom stereocenters. The van der Waals surface area contributed by atoms with Crippen LogP contribution >= 0.6 is 24.4 Å². The molecule has 0 heterocycles. The van der Waals surface area contributed by atoms with Gasteiger partial charge >= 0.3 is 41.5 Å². The first-order chi connectivity index (χ1) is 17.6. The van der Waals surface area contributed by atoms with Crippen molar-refractivity contribution in [3.63, 3.8) is 0 Å². The van der Waals surface area contributed by atoms with E-state index in [1.807, 2.05) is 54.6 Å². The van der Waals surface area contributed by atoms with Gasteiger partial charge in [-0.15, -0.1) is 11.8 Å². The average Bonchev–Trinajstić information content (AvgIpc) is 2.90. The van der Waals surface area contributed by atoms with Gasteiger partial charge in [0.25, 0.3) is 0 Å². The van der Waals surface area contributed by atoms with Crippen LogP contribution in [0.4, 0.5) is 0 Å². The van der Waals surface area contributed by atoms with Crippen molar-refractivity contribution in [2.75, 3.05) is 11.5 Å². The number of rotatable bonds is 9. The number of thioether (sulfide) groups is 1. The number of hydrogen-bond acceptors (Lipinski definition) is 8. The van der Waals surface area contributed by atoms with Gasteiger partial charge in [0.05, 0.1) is 4.75 Å². The van der Waals surface area contributed by atoms with Gasteiger partial charge < -0.3 is 31.6 Å². The Hall–Kier alpha value is -2.31. The third-order valence-electron chi connectivity index (χ3n) is 4.85. The molecule has 3 aromatic carbocycles. The molecule has 3 rings (SSSR count). The Balaban J connectivity index is 0.000000968. The minimum Gasteiger partial charge on any atom is -0.550 e. The van der Waals surface area contributed by atoms with Gasteiger partial charge in [0.1, 0.15) is 12.1 Å². The van der Waals surface area contributed by atoms with E-state index in [4.69, 9.17) is 26.5 Å². The molecule has 0 amide bonds. The normalized spacial score (nSPS) is 11.7. The van der Waals surface area contributed by atoms with Crippen LogP contribution in [0.2, 0.25) is 0 Å². The second kappa shape index (κ2) is 18.9. The minimum atomic E-state index is -1.08. The van der Waals surface area contributed by atoms with Gasteiger partial charge in [0, 0.05) is 17.5 Å². The summed E-state index contributed by atoms with van der Waals surface area (Å²) in [4.78, 5) is 29.9. The molecule has 0 saturated carbocycles. The van der Waals surface area contributed by atoms with Crippen LogP contribution in [0.5, 0.6) is 0 Å². The second-order valence-electron chi connectivity index (χ2n) is 7.65. The molecule has 38 heavy (non-hydrogen) atoms. The van der Waals surface area contributed by atoms with Gasteiger partial charge in [0.15, 0.2) is 0 Å². The molecule has 3 aromatic rings. The summed E-state index contributed by atoms with van der Waals surface area (Å²) in [6.45, 7) is 0.972. The molecule has 0 spiro atoms. The fourth-order valence-electron chi connectivity index (χ4n) is 3.13. The van der Waals surface area contributed by atoms with Crippen molar-refractivity contribution < 1.29 is 59.3 Å². The Bertz CT molecular complexity index is 1010. The molecule has 11 heteroatoms. The quantitative estimate of drug-likeness (QED) is 0.127. The third kappa shape index (κ3) is 11.6. The fraction of sp³-hybridized carbons (Fsp3) is 0.222. The van der Waals surface area contributed by atoms with Crippen LogP contribution in [-0.2, 0) is 19.1 Å². The number of carbonyl (C=O) groups is 3. The maximum Gasteiger partial charge on any atom is 1.00 e. The molecule has 8 nitrogen and oxygen atoms in total. The summed E-state index contributed by atoms with van der Waals surface area (Å²) in [5, 5.41) is 26.1. The van der Waals surface area contributed by atoms with Crippen LogP contribution in [0.15, 0.2) is 91.0 Å². The molecular weight excluding hydrogens is 535 g/mol. The van der Waals surface area contributed by atoms with E-state index in [1.165, 1.54) is 0 Å². The maximum atomic E-state index is 11.3. The number of carbonyl (C=O) groups excluding carboxylic acids is 1. The minimum absolute atomic E-state index is 0. The van der Waals surface area contributed by atoms with Gasteiger partial charge in [-0.05, 0) is 23.6 Å². The Kier molecular flexibility index (Phi) is 17.7. The third-order valence-corrected chi connectivity index (χ3v) is 6.91. The van der Waals surface area contributed by atoms with Crippen molar-refractivity contribution in [2.45, 2.75) is 23.8 Å². The topological polar surface area (TPSA) is 167 Å². The van der Waals surface area contributed by atoms with Gasteiger partial charge in [-0.3, -0.25) is 9.59 Å². The Morgan fingerprint density at radius 3 is 1.29 bits per heavy atom. The summed E-state index contributed by atoms with van der Waals surface area (Å²) >= 11 is 5.21. The Morgan fingerprint density at radius 2 is 1.08 bits per heavy atom. The van der Waals surface area contributed by atoms with Gasteiger partial charge in [0.2, 0.25) is 0 Å². The molecule has 0 fully saturated rings. The number of hydrogen-bond donors (Lipinski definition) is 5. The summed E-state index contributed by atoms with van der Waals surface area (Å²) < 4.78 is -0.531. The van der Waals surface area contributed by atoms with Crippen LogP contribution in [0.25, 0.3) is 0 Å². The predicted molar refractivity (Wildman–Crippen MR) is 147 cm³/mol. The summed E-state index contributed by atoms with van der Waals surface area (Å²) in [6, 6.07) is 28.8. The van der Waals surface area contributed by atoms with Gasteiger partial charge in [-0.25, -0.2) is 0 Å². The summed E-state index contributed by atoms with van der Waals surface area (Å²) in [6.07, 6.45) is 0. The molecule has 0 radical (unpaired) electrons. The van der Waals surface area contributed by atoms with Crippen LogP contribution in [0, 0.1) is 0 Å². The van der Waals surface area contributed by atoms with Crippen LogP contribution in [0.1, 0.15) is 23.6 Å². The van der Waals surface area contributed by atoms with Crippen LogP contribution in [0.3, 0.4) is 0 Å². The van der Waals surface area contributed by atoms with E-state index in [0.717, 1.165) is 23.6 Å².